The van der Waals surface area contributed by atoms with Gasteiger partial charge in [-0.05, 0) is 43.0 Å². The van der Waals surface area contributed by atoms with E-state index in [0.717, 1.165) is 5.56 Å². The number of methoxy groups -OCH3 is 3. The molecule has 0 saturated carbocycles. The van der Waals surface area contributed by atoms with Gasteiger partial charge in [0.2, 0.25) is 5.75 Å². The van der Waals surface area contributed by atoms with E-state index in [-0.39, 0.29) is 11.9 Å². The summed E-state index contributed by atoms with van der Waals surface area (Å²) in [5, 5.41) is 2.99. The van der Waals surface area contributed by atoms with Crippen LogP contribution in [0.3, 0.4) is 0 Å². The van der Waals surface area contributed by atoms with Crippen LogP contribution in [0.2, 0.25) is 0 Å². The van der Waals surface area contributed by atoms with Crippen LogP contribution in [0.15, 0.2) is 41.3 Å². The molecule has 0 aliphatic rings. The molecular formula is C19H23NO4S. The number of hydrogen-bond donors (Lipinski definition) is 1. The van der Waals surface area contributed by atoms with E-state index in [2.05, 4.69) is 5.32 Å². The summed E-state index contributed by atoms with van der Waals surface area (Å²) in [6.07, 6.45) is 2.03. The largest absolute Gasteiger partial charge is 0.493 e. The van der Waals surface area contributed by atoms with Gasteiger partial charge in [-0.15, -0.1) is 11.8 Å². The summed E-state index contributed by atoms with van der Waals surface area (Å²) >= 11 is 1.68. The Kier molecular flexibility index (Phi) is 6.58. The molecule has 0 radical (unpaired) electrons. The molecule has 2 aromatic rings. The predicted molar refractivity (Wildman–Crippen MR) is 100 cm³/mol. The Labute approximate surface area is 152 Å². The first-order chi connectivity index (χ1) is 12.0. The number of carbonyl (C=O) groups is 1. The van der Waals surface area contributed by atoms with Crippen molar-refractivity contribution in [3.63, 3.8) is 0 Å². The van der Waals surface area contributed by atoms with Gasteiger partial charge in [0.15, 0.2) is 11.5 Å². The summed E-state index contributed by atoms with van der Waals surface area (Å²) < 4.78 is 16.0. The zero-order valence-corrected chi connectivity index (χ0v) is 15.9. The monoisotopic (exact) mass is 361 g/mol. The highest BCUT2D eigenvalue weighted by atomic mass is 32.2. The minimum atomic E-state index is -0.237. The summed E-state index contributed by atoms with van der Waals surface area (Å²) in [4.78, 5) is 13.9. The molecule has 134 valence electrons. The van der Waals surface area contributed by atoms with E-state index < -0.39 is 0 Å². The Morgan fingerprint density at radius 2 is 1.60 bits per heavy atom. The first-order valence-corrected chi connectivity index (χ1v) is 9.02. The predicted octanol–water partition coefficient (Wildman–Crippen LogP) is 3.93. The van der Waals surface area contributed by atoms with E-state index in [4.69, 9.17) is 14.2 Å². The van der Waals surface area contributed by atoms with Crippen molar-refractivity contribution >= 4 is 17.7 Å². The fourth-order valence-corrected chi connectivity index (χ4v) is 2.94. The van der Waals surface area contributed by atoms with Gasteiger partial charge in [0, 0.05) is 4.90 Å². The average molecular weight is 361 g/mol. The second kappa shape index (κ2) is 8.67. The van der Waals surface area contributed by atoms with Crippen LogP contribution in [0.4, 0.5) is 0 Å². The normalized spacial score (nSPS) is 11.6. The maximum absolute atomic E-state index is 12.7. The Morgan fingerprint density at radius 3 is 2.12 bits per heavy atom. The van der Waals surface area contributed by atoms with Gasteiger partial charge in [-0.25, -0.2) is 0 Å². The first-order valence-electron chi connectivity index (χ1n) is 7.79. The van der Waals surface area contributed by atoms with Crippen LogP contribution in [0.25, 0.3) is 0 Å². The molecule has 0 fully saturated rings. The highest BCUT2D eigenvalue weighted by molar-refractivity contribution is 7.98. The molecule has 25 heavy (non-hydrogen) atoms. The van der Waals surface area contributed by atoms with E-state index >= 15 is 0 Å². The van der Waals surface area contributed by atoms with Crippen molar-refractivity contribution in [2.45, 2.75) is 17.9 Å². The van der Waals surface area contributed by atoms with Gasteiger partial charge in [-0.2, -0.15) is 0 Å². The Hall–Kier alpha value is -2.34. The van der Waals surface area contributed by atoms with E-state index in [1.165, 1.54) is 26.2 Å². The molecule has 1 atom stereocenters. The molecule has 5 nitrogen and oxygen atoms in total. The molecule has 0 aliphatic carbocycles. The molecule has 1 amide bonds. The van der Waals surface area contributed by atoms with Gasteiger partial charge in [-0.1, -0.05) is 12.1 Å². The third-order valence-corrected chi connectivity index (χ3v) is 4.66. The van der Waals surface area contributed by atoms with Crippen LogP contribution in [-0.2, 0) is 0 Å². The Balaban J connectivity index is 2.24. The number of ether oxygens (including phenoxy) is 3. The van der Waals surface area contributed by atoms with Crippen molar-refractivity contribution in [3.05, 3.63) is 47.5 Å². The summed E-state index contributed by atoms with van der Waals surface area (Å²) in [7, 11) is 4.55. The van der Waals surface area contributed by atoms with Crippen LogP contribution >= 0.6 is 11.8 Å². The van der Waals surface area contributed by atoms with Gasteiger partial charge in [0.25, 0.3) is 5.91 Å². The lowest BCUT2D eigenvalue weighted by Gasteiger charge is -2.18. The zero-order valence-electron chi connectivity index (χ0n) is 15.1. The maximum Gasteiger partial charge on any atom is 0.255 e. The molecule has 0 spiro atoms. The van der Waals surface area contributed by atoms with Crippen LogP contribution in [0.5, 0.6) is 17.2 Å². The van der Waals surface area contributed by atoms with Crippen molar-refractivity contribution in [1.82, 2.24) is 5.32 Å². The summed E-state index contributed by atoms with van der Waals surface area (Å²) in [6, 6.07) is 11.3. The van der Waals surface area contributed by atoms with Crippen LogP contribution < -0.4 is 19.5 Å². The number of carbonyl (C=O) groups excluding carboxylic acids is 1. The summed E-state index contributed by atoms with van der Waals surface area (Å²) in [5.41, 5.74) is 1.43. The van der Waals surface area contributed by atoms with Crippen molar-refractivity contribution in [2.24, 2.45) is 0 Å². The van der Waals surface area contributed by atoms with Crippen LogP contribution in [0, 0.1) is 0 Å². The summed E-state index contributed by atoms with van der Waals surface area (Å²) in [5.74, 6) is 1.02. The standard InChI is InChI=1S/C19H23NO4S/c1-12(13-6-8-14(25-5)9-7-13)20-19(21)15-10-11-16(22-2)18(24-4)17(15)23-3/h6-12H,1-5H3,(H,20,21). The fourth-order valence-electron chi connectivity index (χ4n) is 2.53. The first kappa shape index (κ1) is 19.0. The topological polar surface area (TPSA) is 56.8 Å². The molecule has 1 N–H and O–H groups in total. The smallest absolute Gasteiger partial charge is 0.255 e. The lowest BCUT2D eigenvalue weighted by Crippen LogP contribution is -2.27. The van der Waals surface area contributed by atoms with E-state index in [9.17, 15) is 4.79 Å². The summed E-state index contributed by atoms with van der Waals surface area (Å²) in [6.45, 7) is 1.94. The molecule has 0 saturated heterocycles. The van der Waals surface area contributed by atoms with Gasteiger partial charge in [0.1, 0.15) is 0 Å². The Bertz CT molecular complexity index is 731. The van der Waals surface area contributed by atoms with Crippen LogP contribution in [0.1, 0.15) is 28.9 Å². The molecule has 0 heterocycles. The third kappa shape index (κ3) is 4.20. The lowest BCUT2D eigenvalue weighted by atomic mass is 10.1. The lowest BCUT2D eigenvalue weighted by molar-refractivity contribution is 0.0936. The third-order valence-electron chi connectivity index (χ3n) is 3.91. The second-order valence-corrected chi connectivity index (χ2v) is 6.23. The van der Waals surface area contributed by atoms with Gasteiger partial charge >= 0.3 is 0 Å². The van der Waals surface area contributed by atoms with Gasteiger partial charge < -0.3 is 19.5 Å². The molecule has 0 aromatic heterocycles. The van der Waals surface area contributed by atoms with Crippen molar-refractivity contribution in [2.75, 3.05) is 27.6 Å². The number of benzene rings is 2. The molecule has 0 bridgehead atoms. The highest BCUT2D eigenvalue weighted by Crippen LogP contribution is 2.39. The van der Waals surface area contributed by atoms with Crippen molar-refractivity contribution in [1.29, 1.82) is 0 Å². The van der Waals surface area contributed by atoms with Gasteiger partial charge in [-0.3, -0.25) is 4.79 Å². The van der Waals surface area contributed by atoms with E-state index in [1.807, 2.05) is 37.4 Å². The van der Waals surface area contributed by atoms with E-state index in [0.29, 0.717) is 22.8 Å². The van der Waals surface area contributed by atoms with Crippen molar-refractivity contribution in [3.8, 4) is 17.2 Å². The molecule has 0 aliphatic heterocycles. The molecular weight excluding hydrogens is 338 g/mol. The molecule has 2 rings (SSSR count). The SMILES string of the molecule is COc1ccc(C(=O)NC(C)c2ccc(SC)cc2)c(OC)c1OC. The number of rotatable bonds is 7. The highest BCUT2D eigenvalue weighted by Gasteiger charge is 2.21. The fraction of sp³-hybridized carbons (Fsp3) is 0.316. The zero-order chi connectivity index (χ0) is 18.4. The molecule has 6 heteroatoms. The quantitative estimate of drug-likeness (QED) is 0.758. The number of amides is 1. The molecule has 2 aromatic carbocycles. The number of thioether (sulfide) groups is 1. The van der Waals surface area contributed by atoms with Gasteiger partial charge in [0.05, 0.1) is 32.9 Å². The van der Waals surface area contributed by atoms with Crippen LogP contribution in [-0.4, -0.2) is 33.5 Å². The maximum atomic E-state index is 12.7. The minimum absolute atomic E-state index is 0.138. The van der Waals surface area contributed by atoms with Crippen molar-refractivity contribution < 1.29 is 19.0 Å². The van der Waals surface area contributed by atoms with E-state index in [1.54, 1.807) is 23.9 Å². The number of hydrogen-bond acceptors (Lipinski definition) is 5. The Morgan fingerprint density at radius 1 is 0.960 bits per heavy atom. The average Bonchev–Trinajstić information content (AvgIpc) is 2.66. The number of nitrogens with one attached hydrogen (secondary N) is 1. The molecule has 1 unspecified atom stereocenters. The second-order valence-electron chi connectivity index (χ2n) is 5.35. The minimum Gasteiger partial charge on any atom is -0.493 e.